The van der Waals surface area contributed by atoms with E-state index in [0.29, 0.717) is 0 Å². The fourth-order valence-corrected chi connectivity index (χ4v) is 3.37. The molecule has 19 heavy (non-hydrogen) atoms. The van der Waals surface area contributed by atoms with Crippen LogP contribution >= 0.6 is 0 Å². The minimum atomic E-state index is 0.734. The third-order valence-corrected chi connectivity index (χ3v) is 4.60. The summed E-state index contributed by atoms with van der Waals surface area (Å²) in [4.78, 5) is 0. The van der Waals surface area contributed by atoms with Crippen molar-refractivity contribution in [2.45, 2.75) is 83.5 Å². The second kappa shape index (κ2) is 9.23. The first-order valence-electron chi connectivity index (χ1n) is 8.54. The maximum absolute atomic E-state index is 4.54. The molecule has 1 nitrogen and oxygen atoms in total. The molecule has 0 spiro atoms. The molecule has 1 radical (unpaired) electrons. The average molecular weight is 260 g/mol. The van der Waals surface area contributed by atoms with Crippen LogP contribution in [0.25, 0.3) is 0 Å². The standard InChI is InChI=1S/C18H30N/c1-2-4-6-8-10-13-17(18-15-12-16-19-18)14-11-9-7-5-3-1/h12,15-17H,1-11,13-14H2. The van der Waals surface area contributed by atoms with E-state index >= 15 is 0 Å². The summed E-state index contributed by atoms with van der Waals surface area (Å²) in [5.74, 6) is 0.734. The number of hydrogen-bond acceptors (Lipinski definition) is 0. The largest absolute Gasteiger partial charge is 0.261 e. The summed E-state index contributed by atoms with van der Waals surface area (Å²) in [6, 6.07) is 0. The predicted molar refractivity (Wildman–Crippen MR) is 82.9 cm³/mol. The maximum atomic E-state index is 4.54. The van der Waals surface area contributed by atoms with E-state index in [2.05, 4.69) is 17.5 Å². The second-order valence-corrected chi connectivity index (χ2v) is 6.23. The maximum Gasteiger partial charge on any atom is 0.0435 e. The van der Waals surface area contributed by atoms with E-state index in [4.69, 9.17) is 0 Å². The Labute approximate surface area is 119 Å². The molecule has 1 aliphatic carbocycles. The fourth-order valence-electron chi connectivity index (χ4n) is 3.37. The molecule has 0 amide bonds. The first-order valence-corrected chi connectivity index (χ1v) is 8.54. The van der Waals surface area contributed by atoms with Crippen molar-refractivity contribution in [3.8, 4) is 0 Å². The summed E-state index contributed by atoms with van der Waals surface area (Å²) in [5.41, 5.74) is 1.35. The van der Waals surface area contributed by atoms with Gasteiger partial charge in [0.05, 0.1) is 0 Å². The smallest absolute Gasteiger partial charge is 0.0435 e. The van der Waals surface area contributed by atoms with Crippen molar-refractivity contribution < 1.29 is 0 Å². The number of nitrogens with zero attached hydrogens (tertiary/aromatic N) is 1. The number of rotatable bonds is 1. The van der Waals surface area contributed by atoms with Gasteiger partial charge in [-0.2, -0.15) is 0 Å². The van der Waals surface area contributed by atoms with Crippen LogP contribution < -0.4 is 5.32 Å². The van der Waals surface area contributed by atoms with Crippen LogP contribution in [0.4, 0.5) is 0 Å². The Balaban J connectivity index is 1.76. The zero-order chi connectivity index (χ0) is 13.2. The summed E-state index contributed by atoms with van der Waals surface area (Å²) in [6.07, 6.45) is 24.9. The van der Waals surface area contributed by atoms with Crippen LogP contribution in [0.2, 0.25) is 0 Å². The highest BCUT2D eigenvalue weighted by Gasteiger charge is 2.15. The molecule has 1 fully saturated rings. The van der Waals surface area contributed by atoms with E-state index in [0.717, 1.165) is 5.92 Å². The minimum Gasteiger partial charge on any atom is -0.261 e. The van der Waals surface area contributed by atoms with Gasteiger partial charge in [0.15, 0.2) is 0 Å². The molecule has 0 N–H and O–H groups in total. The third-order valence-electron chi connectivity index (χ3n) is 4.60. The van der Waals surface area contributed by atoms with Crippen LogP contribution in [-0.4, -0.2) is 0 Å². The predicted octanol–water partition coefficient (Wildman–Crippen LogP) is 5.70. The highest BCUT2D eigenvalue weighted by molar-refractivity contribution is 5.21. The van der Waals surface area contributed by atoms with Crippen molar-refractivity contribution >= 4 is 0 Å². The molecule has 0 saturated heterocycles. The Morgan fingerprint density at radius 2 is 1.16 bits per heavy atom. The summed E-state index contributed by atoms with van der Waals surface area (Å²) < 4.78 is 0. The molecule has 2 aliphatic rings. The van der Waals surface area contributed by atoms with Crippen molar-refractivity contribution in [1.29, 1.82) is 0 Å². The Morgan fingerprint density at radius 1 is 0.684 bits per heavy atom. The van der Waals surface area contributed by atoms with E-state index in [1.807, 2.05) is 6.20 Å². The topological polar surface area (TPSA) is 14.1 Å². The molecule has 107 valence electrons. The quantitative estimate of drug-likeness (QED) is 0.574. The van der Waals surface area contributed by atoms with E-state index in [1.54, 1.807) is 0 Å². The molecular weight excluding hydrogens is 230 g/mol. The van der Waals surface area contributed by atoms with Crippen molar-refractivity contribution in [3.05, 3.63) is 24.0 Å². The lowest BCUT2D eigenvalue weighted by Crippen LogP contribution is -2.09. The second-order valence-electron chi connectivity index (χ2n) is 6.23. The normalized spacial score (nSPS) is 24.5. The summed E-state index contributed by atoms with van der Waals surface area (Å²) in [7, 11) is 0. The van der Waals surface area contributed by atoms with Crippen LogP contribution in [-0.2, 0) is 0 Å². The van der Waals surface area contributed by atoms with Crippen LogP contribution in [0, 0.1) is 5.92 Å². The van der Waals surface area contributed by atoms with Crippen molar-refractivity contribution in [3.63, 3.8) is 0 Å². The highest BCUT2D eigenvalue weighted by Crippen LogP contribution is 2.27. The van der Waals surface area contributed by atoms with Crippen molar-refractivity contribution in [2.24, 2.45) is 5.92 Å². The first-order chi connectivity index (χ1) is 9.47. The molecule has 0 aromatic rings. The van der Waals surface area contributed by atoms with Gasteiger partial charge in [-0.1, -0.05) is 70.6 Å². The van der Waals surface area contributed by atoms with E-state index < -0.39 is 0 Å². The zero-order valence-corrected chi connectivity index (χ0v) is 12.4. The number of hydrogen-bond donors (Lipinski definition) is 0. The summed E-state index contributed by atoms with van der Waals surface area (Å²) in [6.45, 7) is 0. The minimum absolute atomic E-state index is 0.734. The van der Waals surface area contributed by atoms with Gasteiger partial charge in [0, 0.05) is 17.8 Å². The molecular formula is C18H30N. The van der Waals surface area contributed by atoms with Gasteiger partial charge < -0.3 is 0 Å². The van der Waals surface area contributed by atoms with E-state index in [-0.39, 0.29) is 0 Å². The fraction of sp³-hybridized carbons (Fsp3) is 0.778. The average Bonchev–Trinajstić information content (AvgIpc) is 2.95. The molecule has 1 heterocycles. The highest BCUT2D eigenvalue weighted by atomic mass is 14.9. The molecule has 1 aliphatic heterocycles. The van der Waals surface area contributed by atoms with Gasteiger partial charge in [0.25, 0.3) is 0 Å². The van der Waals surface area contributed by atoms with Gasteiger partial charge in [0.1, 0.15) is 0 Å². The molecule has 0 unspecified atom stereocenters. The third kappa shape index (κ3) is 5.84. The molecule has 0 aromatic heterocycles. The van der Waals surface area contributed by atoms with Gasteiger partial charge in [-0.25, -0.2) is 0 Å². The monoisotopic (exact) mass is 260 g/mol. The lowest BCUT2D eigenvalue weighted by Gasteiger charge is -2.18. The van der Waals surface area contributed by atoms with Crippen LogP contribution in [0.1, 0.15) is 83.5 Å². The molecule has 1 heteroatoms. The Bertz CT molecular complexity index is 276. The molecule has 0 atom stereocenters. The molecule has 0 aromatic carbocycles. The van der Waals surface area contributed by atoms with Crippen LogP contribution in [0.5, 0.6) is 0 Å². The van der Waals surface area contributed by atoms with E-state index in [9.17, 15) is 0 Å². The SMILES string of the molecule is C1=C[N]C(C2CCCCCCCCCCCCC2)=C1. The Kier molecular flexibility index (Phi) is 7.13. The van der Waals surface area contributed by atoms with Gasteiger partial charge in [-0.3, -0.25) is 5.32 Å². The Morgan fingerprint density at radius 3 is 1.58 bits per heavy atom. The molecule has 1 saturated carbocycles. The summed E-state index contributed by atoms with van der Waals surface area (Å²) >= 11 is 0. The summed E-state index contributed by atoms with van der Waals surface area (Å²) in [5, 5.41) is 4.54. The van der Waals surface area contributed by atoms with Gasteiger partial charge in [0.2, 0.25) is 0 Å². The van der Waals surface area contributed by atoms with Crippen molar-refractivity contribution in [1.82, 2.24) is 5.32 Å². The lowest BCUT2D eigenvalue weighted by molar-refractivity contribution is 0.430. The molecule has 2 rings (SSSR count). The van der Waals surface area contributed by atoms with E-state index in [1.165, 1.54) is 89.2 Å². The lowest BCUT2D eigenvalue weighted by atomic mass is 9.91. The first kappa shape index (κ1) is 14.7. The van der Waals surface area contributed by atoms with Gasteiger partial charge in [-0.05, 0) is 25.0 Å². The van der Waals surface area contributed by atoms with Gasteiger partial charge >= 0.3 is 0 Å². The van der Waals surface area contributed by atoms with Crippen molar-refractivity contribution in [2.75, 3.05) is 0 Å². The number of allylic oxidation sites excluding steroid dienone is 3. The van der Waals surface area contributed by atoms with Crippen LogP contribution in [0.3, 0.4) is 0 Å². The van der Waals surface area contributed by atoms with Gasteiger partial charge in [-0.15, -0.1) is 0 Å². The Hall–Kier alpha value is -0.720. The van der Waals surface area contributed by atoms with Crippen LogP contribution in [0.15, 0.2) is 24.0 Å². The molecule has 0 bridgehead atoms. The zero-order valence-electron chi connectivity index (χ0n) is 12.4.